The maximum absolute atomic E-state index is 13.6. The van der Waals surface area contributed by atoms with Gasteiger partial charge in [0.2, 0.25) is 0 Å². The lowest BCUT2D eigenvalue weighted by Gasteiger charge is -2.02. The topological polar surface area (TPSA) is 56.6 Å². The second kappa shape index (κ2) is 5.22. The van der Waals surface area contributed by atoms with Crippen LogP contribution in [0.3, 0.4) is 0 Å². The molecule has 1 aromatic heterocycles. The van der Waals surface area contributed by atoms with E-state index in [1.807, 2.05) is 0 Å². The second-order valence-electron chi connectivity index (χ2n) is 4.73. The van der Waals surface area contributed by atoms with Gasteiger partial charge in [0, 0.05) is 29.1 Å². The third kappa shape index (κ3) is 2.30. The van der Waals surface area contributed by atoms with Crippen LogP contribution in [0.15, 0.2) is 48.7 Å². The number of carbonyl (C=O) groups is 1. The first-order valence-electron chi connectivity index (χ1n) is 6.47. The van der Waals surface area contributed by atoms with Crippen molar-refractivity contribution < 1.29 is 9.18 Å². The molecule has 0 unspecified atom stereocenters. The van der Waals surface area contributed by atoms with Gasteiger partial charge in [0.15, 0.2) is 5.78 Å². The Labute approximate surface area is 120 Å². The molecule has 0 amide bonds. The highest BCUT2D eigenvalue weighted by Gasteiger charge is 2.16. The van der Waals surface area contributed by atoms with Crippen LogP contribution in [-0.2, 0) is 6.42 Å². The minimum absolute atomic E-state index is 0.0284. The minimum atomic E-state index is -0.397. The largest absolute Gasteiger partial charge is 0.360 e. The molecule has 1 heterocycles. The van der Waals surface area contributed by atoms with Crippen molar-refractivity contribution in [2.24, 2.45) is 0 Å². The summed E-state index contributed by atoms with van der Waals surface area (Å²) >= 11 is 0. The molecule has 3 rings (SSSR count). The zero-order chi connectivity index (χ0) is 14.8. The number of nitrogens with one attached hydrogen (secondary N) is 1. The molecule has 0 saturated carbocycles. The Kier molecular flexibility index (Phi) is 3.25. The summed E-state index contributed by atoms with van der Waals surface area (Å²) in [5.41, 5.74) is 1.94. The molecule has 3 aromatic rings. The van der Waals surface area contributed by atoms with Crippen molar-refractivity contribution in [3.05, 3.63) is 71.2 Å². The van der Waals surface area contributed by atoms with E-state index in [0.29, 0.717) is 22.1 Å². The summed E-state index contributed by atoms with van der Waals surface area (Å²) < 4.78 is 13.6. The zero-order valence-electron chi connectivity index (χ0n) is 11.1. The van der Waals surface area contributed by atoms with Crippen LogP contribution in [0.4, 0.5) is 4.39 Å². The van der Waals surface area contributed by atoms with Crippen molar-refractivity contribution in [1.29, 1.82) is 5.26 Å². The molecule has 102 valence electrons. The van der Waals surface area contributed by atoms with Crippen molar-refractivity contribution in [2.75, 3.05) is 0 Å². The van der Waals surface area contributed by atoms with E-state index in [1.165, 1.54) is 6.07 Å². The first kappa shape index (κ1) is 13.1. The number of nitriles is 1. The van der Waals surface area contributed by atoms with Gasteiger partial charge in [0.25, 0.3) is 0 Å². The van der Waals surface area contributed by atoms with E-state index in [1.54, 1.807) is 42.6 Å². The first-order valence-corrected chi connectivity index (χ1v) is 6.47. The summed E-state index contributed by atoms with van der Waals surface area (Å²) in [6, 6.07) is 13.5. The Morgan fingerprint density at radius 2 is 2.00 bits per heavy atom. The van der Waals surface area contributed by atoms with Gasteiger partial charge in [-0.3, -0.25) is 4.79 Å². The number of halogens is 1. The van der Waals surface area contributed by atoms with E-state index in [2.05, 4.69) is 11.1 Å². The van der Waals surface area contributed by atoms with Crippen molar-refractivity contribution in [1.82, 2.24) is 4.98 Å². The molecule has 21 heavy (non-hydrogen) atoms. The highest BCUT2D eigenvalue weighted by molar-refractivity contribution is 6.10. The Hall–Kier alpha value is -2.93. The van der Waals surface area contributed by atoms with Crippen molar-refractivity contribution in [3.8, 4) is 6.07 Å². The molecule has 0 radical (unpaired) electrons. The highest BCUT2D eigenvalue weighted by Crippen LogP contribution is 2.24. The fourth-order valence-corrected chi connectivity index (χ4v) is 2.41. The molecule has 0 saturated heterocycles. The smallest absolute Gasteiger partial charge is 0.169 e. The molecule has 0 fully saturated rings. The fourth-order valence-electron chi connectivity index (χ4n) is 2.41. The van der Waals surface area contributed by atoms with Gasteiger partial charge in [-0.05, 0) is 23.8 Å². The third-order valence-corrected chi connectivity index (χ3v) is 3.44. The third-order valence-electron chi connectivity index (χ3n) is 3.44. The summed E-state index contributed by atoms with van der Waals surface area (Å²) in [6.45, 7) is 0. The van der Waals surface area contributed by atoms with E-state index in [9.17, 15) is 9.18 Å². The Bertz CT molecular complexity index is 874. The van der Waals surface area contributed by atoms with Crippen LogP contribution < -0.4 is 0 Å². The predicted molar refractivity (Wildman–Crippen MR) is 77.4 cm³/mol. The lowest BCUT2D eigenvalue weighted by molar-refractivity contribution is 0.0993. The van der Waals surface area contributed by atoms with E-state index in [4.69, 9.17) is 5.26 Å². The number of aromatic amines is 1. The highest BCUT2D eigenvalue weighted by atomic mass is 19.1. The van der Waals surface area contributed by atoms with Crippen LogP contribution in [0, 0.1) is 17.1 Å². The molecule has 0 aliphatic carbocycles. The molecular formula is C17H11FN2O. The van der Waals surface area contributed by atoms with Crippen LogP contribution >= 0.6 is 0 Å². The molecule has 4 heteroatoms. The number of rotatable bonds is 3. The van der Waals surface area contributed by atoms with Gasteiger partial charge in [-0.15, -0.1) is 0 Å². The van der Waals surface area contributed by atoms with Gasteiger partial charge in [-0.2, -0.15) is 5.26 Å². The SMILES string of the molecule is N#Cc1cccc2[nH]cc(C(=O)Cc3ccccc3F)c12. The lowest BCUT2D eigenvalue weighted by atomic mass is 10.00. The van der Waals surface area contributed by atoms with Crippen molar-refractivity contribution >= 4 is 16.7 Å². The standard InChI is InChI=1S/C17H11FN2O/c18-14-6-2-1-4-11(14)8-16(21)13-10-20-15-7-3-5-12(9-19)17(13)15/h1-7,10,20H,8H2. The van der Waals surface area contributed by atoms with Gasteiger partial charge in [-0.1, -0.05) is 24.3 Å². The lowest BCUT2D eigenvalue weighted by Crippen LogP contribution is -2.05. The predicted octanol–water partition coefficient (Wildman–Crippen LogP) is 3.60. The van der Waals surface area contributed by atoms with Crippen LogP contribution in [0.2, 0.25) is 0 Å². The number of Topliss-reactive ketones (excluding diaryl/α,β-unsaturated/α-hetero) is 1. The van der Waals surface area contributed by atoms with E-state index in [0.717, 1.165) is 5.52 Å². The van der Waals surface area contributed by atoms with Crippen LogP contribution in [0.1, 0.15) is 21.5 Å². The molecule has 0 aliphatic heterocycles. The second-order valence-corrected chi connectivity index (χ2v) is 4.73. The van der Waals surface area contributed by atoms with Crippen molar-refractivity contribution in [2.45, 2.75) is 6.42 Å². The molecule has 0 aliphatic rings. The zero-order valence-corrected chi connectivity index (χ0v) is 11.1. The molecular weight excluding hydrogens is 267 g/mol. The molecule has 1 N–H and O–H groups in total. The number of hydrogen-bond acceptors (Lipinski definition) is 2. The molecule has 0 atom stereocenters. The molecule has 0 spiro atoms. The van der Waals surface area contributed by atoms with Gasteiger partial charge in [0.1, 0.15) is 5.82 Å². The van der Waals surface area contributed by atoms with E-state index < -0.39 is 5.82 Å². The number of hydrogen-bond donors (Lipinski definition) is 1. The normalized spacial score (nSPS) is 10.5. The van der Waals surface area contributed by atoms with E-state index >= 15 is 0 Å². The maximum atomic E-state index is 13.6. The molecule has 0 bridgehead atoms. The quantitative estimate of drug-likeness (QED) is 0.744. The number of nitrogens with zero attached hydrogens (tertiary/aromatic N) is 1. The van der Waals surface area contributed by atoms with Gasteiger partial charge in [-0.25, -0.2) is 4.39 Å². The number of benzene rings is 2. The summed E-state index contributed by atoms with van der Waals surface area (Å²) in [4.78, 5) is 15.4. The summed E-state index contributed by atoms with van der Waals surface area (Å²) in [6.07, 6.45) is 1.55. The van der Waals surface area contributed by atoms with Crippen LogP contribution in [0.5, 0.6) is 0 Å². The number of ketones is 1. The van der Waals surface area contributed by atoms with Crippen LogP contribution in [0.25, 0.3) is 10.9 Å². The maximum Gasteiger partial charge on any atom is 0.169 e. The van der Waals surface area contributed by atoms with E-state index in [-0.39, 0.29) is 12.2 Å². The van der Waals surface area contributed by atoms with Crippen molar-refractivity contribution in [3.63, 3.8) is 0 Å². The Balaban J connectivity index is 2.03. The van der Waals surface area contributed by atoms with Gasteiger partial charge < -0.3 is 4.98 Å². The summed E-state index contributed by atoms with van der Waals surface area (Å²) in [5, 5.41) is 9.76. The monoisotopic (exact) mass is 278 g/mol. The number of H-pyrrole nitrogens is 1. The average Bonchev–Trinajstić information content (AvgIpc) is 2.93. The van der Waals surface area contributed by atoms with Gasteiger partial charge in [0.05, 0.1) is 11.6 Å². The molecule has 3 nitrogen and oxygen atoms in total. The number of carbonyl (C=O) groups excluding carboxylic acids is 1. The Morgan fingerprint density at radius 1 is 1.19 bits per heavy atom. The number of fused-ring (bicyclic) bond motifs is 1. The summed E-state index contributed by atoms with van der Waals surface area (Å²) in [7, 11) is 0. The minimum Gasteiger partial charge on any atom is -0.360 e. The number of aromatic nitrogens is 1. The molecule has 2 aromatic carbocycles. The fraction of sp³-hybridized carbons (Fsp3) is 0.0588. The van der Waals surface area contributed by atoms with Crippen LogP contribution in [-0.4, -0.2) is 10.8 Å². The van der Waals surface area contributed by atoms with Gasteiger partial charge >= 0.3 is 0 Å². The Morgan fingerprint density at radius 3 is 2.76 bits per heavy atom. The first-order chi connectivity index (χ1) is 10.2. The summed E-state index contributed by atoms with van der Waals surface area (Å²) in [5.74, 6) is -0.611. The average molecular weight is 278 g/mol.